The Morgan fingerprint density at radius 1 is 1.00 bits per heavy atom. The molecule has 0 aliphatic carbocycles. The molecule has 1 aliphatic heterocycles. The van der Waals surface area contributed by atoms with Crippen molar-refractivity contribution in [2.24, 2.45) is 5.92 Å². The Labute approximate surface area is 140 Å². The largest absolute Gasteiger partial charge is 0.310 e. The fraction of sp³-hybridized carbons (Fsp3) is 0.158. The molecule has 2 unspecified atom stereocenters. The number of nitrogens with zero attached hydrogens (tertiary/aromatic N) is 1. The van der Waals surface area contributed by atoms with Crippen LogP contribution in [-0.2, 0) is 4.79 Å². The molecule has 1 aliphatic rings. The number of carbonyl (C=O) groups excluding carboxylic acids is 1. The van der Waals surface area contributed by atoms with E-state index in [-0.39, 0.29) is 17.9 Å². The van der Waals surface area contributed by atoms with Gasteiger partial charge in [-0.2, -0.15) is 0 Å². The molecular weight excluding hydrogens is 300 g/mol. The normalized spacial score (nSPS) is 20.2. The zero-order valence-electron chi connectivity index (χ0n) is 13.1. The van der Waals surface area contributed by atoms with E-state index >= 15 is 0 Å². The molecular formula is C19H18N4O. The van der Waals surface area contributed by atoms with Gasteiger partial charge in [0.25, 0.3) is 0 Å². The first-order chi connectivity index (χ1) is 11.8. The fourth-order valence-electron chi connectivity index (χ4n) is 3.07. The predicted octanol–water partition coefficient (Wildman–Crippen LogP) is 2.64. The first-order valence-corrected chi connectivity index (χ1v) is 8.01. The van der Waals surface area contributed by atoms with Gasteiger partial charge in [-0.05, 0) is 23.8 Å². The van der Waals surface area contributed by atoms with E-state index in [1.54, 1.807) is 0 Å². The summed E-state index contributed by atoms with van der Waals surface area (Å²) in [4.78, 5) is 17.2. The molecule has 120 valence electrons. The van der Waals surface area contributed by atoms with Crippen molar-refractivity contribution < 1.29 is 4.79 Å². The SMILES string of the molecule is O=C(Nc1ccc2ccccc2n1)C1CNNC1c1ccccc1. The van der Waals surface area contributed by atoms with Gasteiger partial charge in [0.05, 0.1) is 17.5 Å². The number of hydrogen-bond donors (Lipinski definition) is 3. The van der Waals surface area contributed by atoms with Gasteiger partial charge in [-0.15, -0.1) is 0 Å². The van der Waals surface area contributed by atoms with Crippen LogP contribution < -0.4 is 16.2 Å². The average molecular weight is 318 g/mol. The Kier molecular flexibility index (Phi) is 3.94. The molecule has 1 saturated heterocycles. The van der Waals surface area contributed by atoms with Crippen molar-refractivity contribution >= 4 is 22.6 Å². The monoisotopic (exact) mass is 318 g/mol. The van der Waals surface area contributed by atoms with E-state index in [1.807, 2.05) is 66.7 Å². The summed E-state index contributed by atoms with van der Waals surface area (Å²) in [6.07, 6.45) is 0. The van der Waals surface area contributed by atoms with Crippen molar-refractivity contribution in [2.75, 3.05) is 11.9 Å². The van der Waals surface area contributed by atoms with E-state index in [0.29, 0.717) is 12.4 Å². The first kappa shape index (κ1) is 14.8. The molecule has 24 heavy (non-hydrogen) atoms. The van der Waals surface area contributed by atoms with Crippen LogP contribution in [0.5, 0.6) is 0 Å². The number of rotatable bonds is 3. The lowest BCUT2D eigenvalue weighted by Gasteiger charge is -2.18. The van der Waals surface area contributed by atoms with Crippen LogP contribution in [-0.4, -0.2) is 17.4 Å². The zero-order chi connectivity index (χ0) is 16.4. The quantitative estimate of drug-likeness (QED) is 0.694. The topological polar surface area (TPSA) is 66.0 Å². The average Bonchev–Trinajstić information content (AvgIpc) is 3.12. The maximum Gasteiger partial charge on any atom is 0.231 e. The molecule has 2 aromatic carbocycles. The number of hydrogen-bond acceptors (Lipinski definition) is 4. The molecule has 1 fully saturated rings. The predicted molar refractivity (Wildman–Crippen MR) is 94.2 cm³/mol. The summed E-state index contributed by atoms with van der Waals surface area (Å²) in [5.41, 5.74) is 8.24. The number of hydrazine groups is 1. The maximum absolute atomic E-state index is 12.7. The van der Waals surface area contributed by atoms with E-state index in [0.717, 1.165) is 16.5 Å². The van der Waals surface area contributed by atoms with E-state index in [1.165, 1.54) is 0 Å². The van der Waals surface area contributed by atoms with Crippen LogP contribution >= 0.6 is 0 Å². The summed E-state index contributed by atoms with van der Waals surface area (Å²) < 4.78 is 0. The lowest BCUT2D eigenvalue weighted by Crippen LogP contribution is -2.29. The molecule has 5 nitrogen and oxygen atoms in total. The van der Waals surface area contributed by atoms with Crippen LogP contribution in [0.25, 0.3) is 10.9 Å². The number of pyridine rings is 1. The first-order valence-electron chi connectivity index (χ1n) is 8.01. The van der Waals surface area contributed by atoms with Crippen LogP contribution in [0.3, 0.4) is 0 Å². The highest BCUT2D eigenvalue weighted by molar-refractivity contribution is 5.94. The second-order valence-electron chi connectivity index (χ2n) is 5.90. The van der Waals surface area contributed by atoms with Crippen LogP contribution in [0.1, 0.15) is 11.6 Å². The minimum Gasteiger partial charge on any atom is -0.310 e. The number of aromatic nitrogens is 1. The highest BCUT2D eigenvalue weighted by Gasteiger charge is 2.34. The van der Waals surface area contributed by atoms with Gasteiger partial charge in [0, 0.05) is 11.9 Å². The smallest absolute Gasteiger partial charge is 0.231 e. The number of nitrogens with one attached hydrogen (secondary N) is 3. The molecule has 0 radical (unpaired) electrons. The van der Waals surface area contributed by atoms with Crippen molar-refractivity contribution in [2.45, 2.75) is 6.04 Å². The lowest BCUT2D eigenvalue weighted by atomic mass is 9.94. The number of amides is 1. The molecule has 0 spiro atoms. The Hall–Kier alpha value is -2.76. The second-order valence-corrected chi connectivity index (χ2v) is 5.90. The zero-order valence-corrected chi connectivity index (χ0v) is 13.1. The van der Waals surface area contributed by atoms with Crippen molar-refractivity contribution in [3.8, 4) is 0 Å². The third kappa shape index (κ3) is 2.87. The van der Waals surface area contributed by atoms with Gasteiger partial charge in [-0.25, -0.2) is 10.4 Å². The van der Waals surface area contributed by atoms with Gasteiger partial charge in [0.2, 0.25) is 5.91 Å². The molecule has 0 saturated carbocycles. The van der Waals surface area contributed by atoms with Gasteiger partial charge in [-0.1, -0.05) is 48.5 Å². The van der Waals surface area contributed by atoms with Crippen LogP contribution in [0, 0.1) is 5.92 Å². The number of para-hydroxylation sites is 1. The third-order valence-corrected chi connectivity index (χ3v) is 4.33. The van der Waals surface area contributed by atoms with Crippen LogP contribution in [0.4, 0.5) is 5.82 Å². The molecule has 2 atom stereocenters. The number of carbonyl (C=O) groups is 1. The second kappa shape index (κ2) is 6.39. The number of fused-ring (bicyclic) bond motifs is 1. The van der Waals surface area contributed by atoms with Gasteiger partial charge in [0.15, 0.2) is 0 Å². The molecule has 3 aromatic rings. The highest BCUT2D eigenvalue weighted by Crippen LogP contribution is 2.26. The Bertz CT molecular complexity index is 865. The summed E-state index contributed by atoms with van der Waals surface area (Å²) in [5.74, 6) is 0.349. The molecule has 1 aromatic heterocycles. The molecule has 1 amide bonds. The molecule has 3 N–H and O–H groups in total. The maximum atomic E-state index is 12.7. The van der Waals surface area contributed by atoms with E-state index < -0.39 is 0 Å². The third-order valence-electron chi connectivity index (χ3n) is 4.33. The lowest BCUT2D eigenvalue weighted by molar-refractivity contribution is -0.119. The summed E-state index contributed by atoms with van der Waals surface area (Å²) >= 11 is 0. The molecule has 0 bridgehead atoms. The Morgan fingerprint density at radius 3 is 2.67 bits per heavy atom. The van der Waals surface area contributed by atoms with Crippen LogP contribution in [0.2, 0.25) is 0 Å². The number of benzene rings is 2. The van der Waals surface area contributed by atoms with Crippen molar-refractivity contribution in [1.82, 2.24) is 15.8 Å². The van der Waals surface area contributed by atoms with E-state index in [9.17, 15) is 4.79 Å². The minimum absolute atomic E-state index is 0.0378. The molecule has 5 heteroatoms. The Balaban J connectivity index is 1.54. The highest BCUT2D eigenvalue weighted by atomic mass is 16.2. The minimum atomic E-state index is -0.194. The molecule has 4 rings (SSSR count). The van der Waals surface area contributed by atoms with Crippen molar-refractivity contribution in [1.29, 1.82) is 0 Å². The van der Waals surface area contributed by atoms with E-state index in [4.69, 9.17) is 0 Å². The molecule has 2 heterocycles. The van der Waals surface area contributed by atoms with Crippen molar-refractivity contribution in [3.05, 3.63) is 72.3 Å². The number of anilines is 1. The summed E-state index contributed by atoms with van der Waals surface area (Å²) in [7, 11) is 0. The standard InChI is InChI=1S/C19H18N4O/c24-19(15-12-20-23-18(15)14-7-2-1-3-8-14)22-17-11-10-13-6-4-5-9-16(13)21-17/h1-11,15,18,20,23H,12H2,(H,21,22,24). The van der Waals surface area contributed by atoms with Crippen LogP contribution in [0.15, 0.2) is 66.7 Å². The van der Waals surface area contributed by atoms with Gasteiger partial charge in [0.1, 0.15) is 5.82 Å². The van der Waals surface area contributed by atoms with Gasteiger partial charge >= 0.3 is 0 Å². The summed E-state index contributed by atoms with van der Waals surface area (Å²) in [6, 6.07) is 21.6. The van der Waals surface area contributed by atoms with E-state index in [2.05, 4.69) is 21.2 Å². The fourth-order valence-corrected chi connectivity index (χ4v) is 3.07. The van der Waals surface area contributed by atoms with Gasteiger partial charge < -0.3 is 5.32 Å². The summed E-state index contributed by atoms with van der Waals surface area (Å²) in [6.45, 7) is 0.582. The van der Waals surface area contributed by atoms with Crippen molar-refractivity contribution in [3.63, 3.8) is 0 Å². The Morgan fingerprint density at radius 2 is 1.79 bits per heavy atom. The summed E-state index contributed by atoms with van der Waals surface area (Å²) in [5, 5.41) is 4.00. The van der Waals surface area contributed by atoms with Gasteiger partial charge in [-0.3, -0.25) is 10.2 Å².